The van der Waals surface area contributed by atoms with Gasteiger partial charge in [-0.05, 0) is 30.0 Å². The number of halogens is 1. The molecule has 0 saturated heterocycles. The van der Waals surface area contributed by atoms with Crippen LogP contribution < -0.4 is 0 Å². The molecule has 6 heteroatoms. The highest BCUT2D eigenvalue weighted by Crippen LogP contribution is 2.48. The van der Waals surface area contributed by atoms with Crippen molar-refractivity contribution in [1.29, 1.82) is 0 Å². The number of benzene rings is 1. The number of rotatable bonds is 4. The molecule has 0 spiro atoms. The van der Waals surface area contributed by atoms with Gasteiger partial charge in [-0.2, -0.15) is 0 Å². The van der Waals surface area contributed by atoms with Crippen molar-refractivity contribution in [3.63, 3.8) is 0 Å². The maximum absolute atomic E-state index is 12.8. The molecule has 2 atom stereocenters. The van der Waals surface area contributed by atoms with E-state index in [4.69, 9.17) is 4.74 Å². The Morgan fingerprint density at radius 3 is 2.85 bits per heavy atom. The lowest BCUT2D eigenvalue weighted by atomic mass is 10.1. The van der Waals surface area contributed by atoms with E-state index in [1.807, 2.05) is 0 Å². The molecule has 1 aliphatic carbocycles. The normalized spacial score (nSPS) is 20.7. The smallest absolute Gasteiger partial charge is 0.309 e. The maximum Gasteiger partial charge on any atom is 0.309 e. The zero-order valence-corrected chi connectivity index (χ0v) is 11.0. The number of aromatic nitrogens is 3. The third-order valence-corrected chi connectivity index (χ3v) is 3.40. The summed E-state index contributed by atoms with van der Waals surface area (Å²) in [7, 11) is 1.75. The molecule has 1 heterocycles. The van der Waals surface area contributed by atoms with Gasteiger partial charge in [0.2, 0.25) is 0 Å². The molecule has 104 valence electrons. The molecular weight excluding hydrogens is 261 g/mol. The molecule has 0 bridgehead atoms. The van der Waals surface area contributed by atoms with E-state index in [2.05, 4.69) is 10.3 Å². The average molecular weight is 275 g/mol. The molecule has 1 aromatic carbocycles. The lowest BCUT2D eigenvalue weighted by molar-refractivity contribution is -0.146. The Morgan fingerprint density at radius 1 is 1.45 bits per heavy atom. The van der Waals surface area contributed by atoms with Gasteiger partial charge in [0.15, 0.2) is 0 Å². The lowest BCUT2D eigenvalue weighted by Gasteiger charge is -2.02. The van der Waals surface area contributed by atoms with Crippen LogP contribution in [-0.2, 0) is 23.2 Å². The van der Waals surface area contributed by atoms with Crippen LogP contribution in [0.5, 0.6) is 0 Å². The predicted octanol–water partition coefficient (Wildman–Crippen LogP) is 1.80. The van der Waals surface area contributed by atoms with Crippen molar-refractivity contribution in [1.82, 2.24) is 15.0 Å². The van der Waals surface area contributed by atoms with Crippen molar-refractivity contribution in [2.45, 2.75) is 18.9 Å². The summed E-state index contributed by atoms with van der Waals surface area (Å²) in [6, 6.07) is 6.26. The molecule has 3 rings (SSSR count). The zero-order chi connectivity index (χ0) is 14.1. The minimum absolute atomic E-state index is 0.128. The number of hydrogen-bond acceptors (Lipinski definition) is 4. The van der Waals surface area contributed by atoms with Crippen LogP contribution in [0.25, 0.3) is 0 Å². The summed E-state index contributed by atoms with van der Waals surface area (Å²) in [5, 5.41) is 7.61. The fourth-order valence-electron chi connectivity index (χ4n) is 2.25. The van der Waals surface area contributed by atoms with Crippen molar-refractivity contribution in [3.8, 4) is 0 Å². The van der Waals surface area contributed by atoms with E-state index < -0.39 is 0 Å². The summed E-state index contributed by atoms with van der Waals surface area (Å²) >= 11 is 0. The summed E-state index contributed by atoms with van der Waals surface area (Å²) in [5.41, 5.74) is 1.60. The third-order valence-electron chi connectivity index (χ3n) is 3.40. The van der Waals surface area contributed by atoms with E-state index in [1.165, 1.54) is 12.1 Å². The molecule has 0 N–H and O–H groups in total. The van der Waals surface area contributed by atoms with Gasteiger partial charge in [0, 0.05) is 7.05 Å². The SMILES string of the molecule is Cn1cc(COC(=O)C2CC2c2ccc(F)cc2)nn1. The Labute approximate surface area is 115 Å². The van der Waals surface area contributed by atoms with Crippen LogP contribution in [0.3, 0.4) is 0 Å². The van der Waals surface area contributed by atoms with Gasteiger partial charge in [0.1, 0.15) is 18.1 Å². The summed E-state index contributed by atoms with van der Waals surface area (Å²) in [6.07, 6.45) is 2.46. The number of carbonyl (C=O) groups is 1. The van der Waals surface area contributed by atoms with Crippen LogP contribution in [0, 0.1) is 11.7 Å². The molecule has 2 unspecified atom stereocenters. The van der Waals surface area contributed by atoms with Gasteiger partial charge >= 0.3 is 5.97 Å². The fourth-order valence-corrected chi connectivity index (χ4v) is 2.25. The van der Waals surface area contributed by atoms with E-state index in [0.717, 1.165) is 12.0 Å². The summed E-state index contributed by atoms with van der Waals surface area (Å²) in [5.74, 6) is -0.483. The molecule has 0 aliphatic heterocycles. The molecule has 1 saturated carbocycles. The Hall–Kier alpha value is -2.24. The summed E-state index contributed by atoms with van der Waals surface area (Å²) in [6.45, 7) is 0.138. The topological polar surface area (TPSA) is 57.0 Å². The highest BCUT2D eigenvalue weighted by Gasteiger charge is 2.45. The third kappa shape index (κ3) is 2.68. The van der Waals surface area contributed by atoms with E-state index in [-0.39, 0.29) is 30.2 Å². The van der Waals surface area contributed by atoms with E-state index in [0.29, 0.717) is 5.69 Å². The van der Waals surface area contributed by atoms with Crippen LogP contribution >= 0.6 is 0 Å². The first-order chi connectivity index (χ1) is 9.63. The van der Waals surface area contributed by atoms with Gasteiger partial charge in [-0.3, -0.25) is 9.48 Å². The van der Waals surface area contributed by atoms with Gasteiger partial charge in [-0.15, -0.1) is 5.10 Å². The number of hydrogen-bond donors (Lipinski definition) is 0. The standard InChI is InChI=1S/C14H14FN3O2/c1-18-7-11(16-17-18)8-20-14(19)13-6-12(13)9-2-4-10(15)5-3-9/h2-5,7,12-13H,6,8H2,1H3. The first-order valence-corrected chi connectivity index (χ1v) is 6.41. The Kier molecular flexibility index (Phi) is 3.22. The van der Waals surface area contributed by atoms with Gasteiger partial charge in [0.05, 0.1) is 12.1 Å². The first-order valence-electron chi connectivity index (χ1n) is 6.41. The Balaban J connectivity index is 1.53. The molecule has 0 radical (unpaired) electrons. The van der Waals surface area contributed by atoms with E-state index >= 15 is 0 Å². The van der Waals surface area contributed by atoms with E-state index in [1.54, 1.807) is 30.1 Å². The molecule has 0 amide bonds. The number of aryl methyl sites for hydroxylation is 1. The number of carbonyl (C=O) groups excluding carboxylic acids is 1. The summed E-state index contributed by atoms with van der Waals surface area (Å²) < 4.78 is 19.6. The van der Waals surface area contributed by atoms with Gasteiger partial charge in [0.25, 0.3) is 0 Å². The fraction of sp³-hybridized carbons (Fsp3) is 0.357. The maximum atomic E-state index is 12.8. The zero-order valence-electron chi connectivity index (χ0n) is 11.0. The second-order valence-electron chi connectivity index (χ2n) is 4.99. The second-order valence-corrected chi connectivity index (χ2v) is 4.99. The van der Waals surface area contributed by atoms with Gasteiger partial charge in [-0.25, -0.2) is 4.39 Å². The quantitative estimate of drug-likeness (QED) is 0.798. The number of esters is 1. The van der Waals surface area contributed by atoms with Crippen molar-refractivity contribution in [2.24, 2.45) is 13.0 Å². The molecule has 20 heavy (non-hydrogen) atoms. The van der Waals surface area contributed by atoms with Crippen molar-refractivity contribution >= 4 is 5.97 Å². The predicted molar refractivity (Wildman–Crippen MR) is 68.0 cm³/mol. The molecule has 1 aromatic heterocycles. The van der Waals surface area contributed by atoms with Crippen LogP contribution in [-0.4, -0.2) is 21.0 Å². The Bertz CT molecular complexity index is 624. The highest BCUT2D eigenvalue weighted by molar-refractivity contribution is 5.77. The first kappa shape index (κ1) is 12.8. The number of ether oxygens (including phenoxy) is 1. The largest absolute Gasteiger partial charge is 0.459 e. The van der Waals surface area contributed by atoms with Crippen LogP contribution in [0.15, 0.2) is 30.5 Å². The van der Waals surface area contributed by atoms with Gasteiger partial charge in [-0.1, -0.05) is 17.3 Å². The van der Waals surface area contributed by atoms with Crippen molar-refractivity contribution in [3.05, 3.63) is 47.5 Å². The average Bonchev–Trinajstić information content (AvgIpc) is 3.13. The lowest BCUT2D eigenvalue weighted by Crippen LogP contribution is -2.08. The molecule has 1 aliphatic rings. The van der Waals surface area contributed by atoms with E-state index in [9.17, 15) is 9.18 Å². The molecule has 2 aromatic rings. The molecule has 1 fully saturated rings. The molecular formula is C14H14FN3O2. The number of nitrogens with zero attached hydrogens (tertiary/aromatic N) is 3. The molecule has 5 nitrogen and oxygen atoms in total. The highest BCUT2D eigenvalue weighted by atomic mass is 19.1. The van der Waals surface area contributed by atoms with Gasteiger partial charge < -0.3 is 4.74 Å². The second kappa shape index (κ2) is 5.03. The Morgan fingerprint density at radius 2 is 2.20 bits per heavy atom. The minimum atomic E-state index is -0.267. The summed E-state index contributed by atoms with van der Waals surface area (Å²) in [4.78, 5) is 11.9. The van der Waals surface area contributed by atoms with Crippen LogP contribution in [0.1, 0.15) is 23.6 Å². The van der Waals surface area contributed by atoms with Crippen molar-refractivity contribution in [2.75, 3.05) is 0 Å². The monoisotopic (exact) mass is 275 g/mol. The van der Waals surface area contributed by atoms with Crippen molar-refractivity contribution < 1.29 is 13.9 Å². The van der Waals surface area contributed by atoms with Crippen LogP contribution in [0.2, 0.25) is 0 Å². The minimum Gasteiger partial charge on any atom is -0.459 e. The van der Waals surface area contributed by atoms with Crippen LogP contribution in [0.4, 0.5) is 4.39 Å².